The van der Waals surface area contributed by atoms with Crippen LogP contribution in [0.3, 0.4) is 0 Å². The number of amides is 3. The van der Waals surface area contributed by atoms with E-state index in [4.69, 9.17) is 26.0 Å². The number of ether oxygens (including phenoxy) is 4. The highest BCUT2D eigenvalue weighted by Crippen LogP contribution is 2.29. The van der Waals surface area contributed by atoms with Gasteiger partial charge >= 0.3 is 29.8 Å². The molecule has 2 atom stereocenters. The number of benzene rings is 6. The first-order valence-corrected chi connectivity index (χ1v) is 30.6. The first-order chi connectivity index (χ1) is 47.7. The van der Waals surface area contributed by atoms with Gasteiger partial charge in [0.25, 0.3) is 28.7 Å². The maximum Gasteiger partial charge on any atom is 0.344 e. The summed E-state index contributed by atoms with van der Waals surface area (Å²) in [6.07, 6.45) is -0.745. The summed E-state index contributed by atoms with van der Waals surface area (Å²) in [4.78, 5) is 131. The summed E-state index contributed by atoms with van der Waals surface area (Å²) in [6, 6.07) is 19.0. The van der Waals surface area contributed by atoms with Gasteiger partial charge < -0.3 is 46.2 Å². The number of anilines is 1. The number of esters is 4. The Morgan fingerprint density at radius 3 is 1.39 bits per heavy atom. The maximum atomic E-state index is 13.6. The topological polar surface area (TPSA) is 466 Å². The Kier molecular flexibility index (Phi) is 38.1. The number of hydrogen-bond acceptors (Lipinski definition) is 23. The van der Waals surface area contributed by atoms with E-state index in [1.807, 2.05) is 13.0 Å². The lowest BCUT2D eigenvalue weighted by Crippen LogP contribution is -2.62. The average Bonchev–Trinajstić information content (AvgIpc) is 0.784. The summed E-state index contributed by atoms with van der Waals surface area (Å²) in [7, 11) is 0. The molecule has 6 aromatic rings. The number of alkyl halides is 1. The zero-order valence-electron chi connectivity index (χ0n) is 55.5. The van der Waals surface area contributed by atoms with E-state index in [1.165, 1.54) is 58.0 Å². The fourth-order valence-electron chi connectivity index (χ4n) is 8.22. The largest absolute Gasteiger partial charge is 0.480 e. The Morgan fingerprint density at radius 1 is 0.598 bits per heavy atom. The van der Waals surface area contributed by atoms with E-state index < -0.39 is 132 Å². The van der Waals surface area contributed by atoms with Crippen LogP contribution in [-0.4, -0.2) is 128 Å². The number of carbonyl (C=O) groups excluding carboxylic acids is 7. The van der Waals surface area contributed by atoms with Crippen LogP contribution in [0.25, 0.3) is 0 Å². The lowest BCUT2D eigenvalue weighted by molar-refractivity contribution is -0.385. The number of hydrogen-bond donors (Lipinski definition) is 6. The molecule has 1 aliphatic rings. The molecule has 552 valence electrons. The highest BCUT2D eigenvalue weighted by molar-refractivity contribution is 9.08. The molecule has 8 N–H and O–H groups in total. The molecule has 0 spiro atoms. The van der Waals surface area contributed by atoms with Gasteiger partial charge in [0, 0.05) is 78.5 Å². The van der Waals surface area contributed by atoms with Gasteiger partial charge in [-0.3, -0.25) is 64.8 Å². The number of nitrogens with one attached hydrogen (secondary N) is 2. The molecule has 2 unspecified atom stereocenters. The molecule has 6 aromatic carbocycles. The molecule has 0 saturated carbocycles. The quantitative estimate of drug-likeness (QED) is 0.00607. The number of aliphatic carboxylic acids is 1. The molecular weight excluding hydrogens is 1440 g/mol. The summed E-state index contributed by atoms with van der Waals surface area (Å²) < 4.78 is 95.3. The van der Waals surface area contributed by atoms with Gasteiger partial charge in [0.2, 0.25) is 23.4 Å². The smallest absolute Gasteiger partial charge is 0.344 e. The summed E-state index contributed by atoms with van der Waals surface area (Å²) in [5, 5.41) is 65.3. The number of hydroxylamine groups is 1. The van der Waals surface area contributed by atoms with Gasteiger partial charge in [0.15, 0.2) is 0 Å². The van der Waals surface area contributed by atoms with Crippen LogP contribution in [0.1, 0.15) is 74.9 Å². The molecule has 0 aromatic heterocycles. The van der Waals surface area contributed by atoms with Crippen molar-refractivity contribution >= 4 is 91.9 Å². The van der Waals surface area contributed by atoms with E-state index in [1.54, 1.807) is 19.9 Å². The number of carboxylic acids is 1. The van der Waals surface area contributed by atoms with Crippen molar-refractivity contribution in [3.63, 3.8) is 0 Å². The standard InChI is InChI=1S/C16H19FN2O7.C9H9FN2O4.C9H9FN2O2.C9H15NO5.C7H5BrFNO2.C7H6FNO2.C7H7F/c1-4-25-14(21)16(18-10(3)20,15(22)26-5-2)9-11-8-12(17)6-7-13(11)19(23)24;10-6-1-2-8(12(15)16)5(3-6)4-7(11)9(13)14;10-6-1-2-8-5(3-6)4-7(11)9(13)12(8)14;1-4-14-8(12)7(10-6(3)11)9(13)15-5-2;8-4-5-3-6(9)1-2-7(5)10(11)12;1-5-4-6(8)2-3-7(5)9(10)11;1-6-3-2-4-7(8)5-6/h6-8H,4-5,9H2,1-3H3,(H,18,20);1-3,7H,4,11H2,(H,13,14);1-3,7,14H,4,11H2;7H,4-5H2,1-3H3,(H,10,11);1-3H,4H2;2-4H,1H3;2-5H,1H3. The molecule has 0 fully saturated rings. The van der Waals surface area contributed by atoms with Crippen molar-refractivity contribution in [2.75, 3.05) is 31.5 Å². The third-order valence-electron chi connectivity index (χ3n) is 12.7. The third kappa shape index (κ3) is 29.6. The van der Waals surface area contributed by atoms with E-state index >= 15 is 0 Å². The Hall–Kier alpha value is -11.4. The second kappa shape index (κ2) is 43.9. The second-order valence-electron chi connectivity index (χ2n) is 20.4. The molecule has 3 amide bonds. The van der Waals surface area contributed by atoms with Crippen molar-refractivity contribution in [2.45, 2.75) is 104 Å². The molecule has 31 nitrogen and oxygen atoms in total. The van der Waals surface area contributed by atoms with Crippen molar-refractivity contribution in [1.82, 2.24) is 10.6 Å². The fraction of sp³-hybridized carbons (Fsp3) is 0.312. The van der Waals surface area contributed by atoms with Crippen LogP contribution in [0.4, 0.5) is 54.8 Å². The zero-order chi connectivity index (χ0) is 77.9. The zero-order valence-corrected chi connectivity index (χ0v) is 57.0. The van der Waals surface area contributed by atoms with Gasteiger partial charge in [-0.2, -0.15) is 5.06 Å². The maximum absolute atomic E-state index is 13.6. The first-order valence-electron chi connectivity index (χ1n) is 29.5. The number of aryl methyl sites for hydroxylation is 2. The molecule has 7 rings (SSSR count). The van der Waals surface area contributed by atoms with Crippen molar-refractivity contribution in [2.24, 2.45) is 11.5 Å². The minimum Gasteiger partial charge on any atom is -0.480 e. The van der Waals surface area contributed by atoms with Gasteiger partial charge in [-0.15, -0.1) is 0 Å². The SMILES string of the molecule is CCOC(=O)C(Cc1cc(F)ccc1[N+](=O)[O-])(NC(C)=O)C(=O)OCC.CCOC(=O)C(NC(C)=O)C(=O)OCC.Cc1cc(F)ccc1[N+](=O)[O-].Cc1cccc(F)c1.NC(Cc1cc(F)ccc1[N+](=O)[O-])C(=O)O.NC1Cc2cc(F)ccc2N(O)C1=O.O=[N+]([O-])c1ccc(F)cc1CBr. The Morgan fingerprint density at radius 2 is 1.00 bits per heavy atom. The lowest BCUT2D eigenvalue weighted by atomic mass is 9.89. The van der Waals surface area contributed by atoms with E-state index in [9.17, 15) is 110 Å². The van der Waals surface area contributed by atoms with Crippen LogP contribution in [0.15, 0.2) is 115 Å². The van der Waals surface area contributed by atoms with Gasteiger partial charge in [-0.05, 0) is 138 Å². The predicted octanol–water partition coefficient (Wildman–Crippen LogP) is 8.82. The van der Waals surface area contributed by atoms with E-state index in [0.717, 1.165) is 85.3 Å². The van der Waals surface area contributed by atoms with Gasteiger partial charge in [0.1, 0.15) is 40.9 Å². The minimum absolute atomic E-state index is 0.0279. The molecule has 1 heterocycles. The lowest BCUT2D eigenvalue weighted by Gasteiger charge is -2.29. The number of carbonyl (C=O) groups is 8. The molecule has 0 saturated heterocycles. The molecule has 1 aliphatic heterocycles. The highest BCUT2D eigenvalue weighted by atomic mass is 79.9. The summed E-state index contributed by atoms with van der Waals surface area (Å²) in [5.74, 6) is -10.0. The summed E-state index contributed by atoms with van der Waals surface area (Å²) in [6.45, 7) is 11.8. The number of carboxylic acid groups (broad SMARTS) is 1. The molecule has 38 heteroatoms. The number of fused-ring (bicyclic) bond motifs is 1. The second-order valence-corrected chi connectivity index (χ2v) is 21.0. The minimum atomic E-state index is -2.38. The van der Waals surface area contributed by atoms with Crippen molar-refractivity contribution in [1.29, 1.82) is 0 Å². The van der Waals surface area contributed by atoms with E-state index in [-0.39, 0.29) is 78.6 Å². The van der Waals surface area contributed by atoms with Crippen LogP contribution < -0.4 is 27.2 Å². The van der Waals surface area contributed by atoms with E-state index in [0.29, 0.717) is 27.4 Å². The average molecular weight is 1510 g/mol. The fourth-order valence-corrected chi connectivity index (χ4v) is 8.67. The van der Waals surface area contributed by atoms with Crippen LogP contribution in [0.2, 0.25) is 0 Å². The summed E-state index contributed by atoms with van der Waals surface area (Å²) >= 11 is 3.04. The number of nitrogens with two attached hydrogens (primary N) is 2. The summed E-state index contributed by atoms with van der Waals surface area (Å²) in [5.41, 5.74) is 9.54. The van der Waals surface area contributed by atoms with E-state index in [2.05, 4.69) is 36.0 Å². The third-order valence-corrected chi connectivity index (χ3v) is 13.3. The van der Waals surface area contributed by atoms with Gasteiger partial charge in [-0.25, -0.2) is 45.5 Å². The van der Waals surface area contributed by atoms with Crippen LogP contribution in [0.5, 0.6) is 0 Å². The first kappa shape index (κ1) is 88.6. The van der Waals surface area contributed by atoms with Crippen LogP contribution in [0, 0.1) is 89.2 Å². The van der Waals surface area contributed by atoms with Crippen molar-refractivity contribution in [3.8, 4) is 0 Å². The predicted molar refractivity (Wildman–Crippen MR) is 352 cm³/mol. The van der Waals surface area contributed by atoms with Crippen LogP contribution >= 0.6 is 15.9 Å². The number of halogens is 7. The molecular formula is C64H70BrF6N9O22. The number of rotatable bonds is 20. The van der Waals surface area contributed by atoms with Crippen molar-refractivity contribution < 1.29 is 114 Å². The Labute approximate surface area is 584 Å². The molecule has 0 bridgehead atoms. The number of nitro groups is 4. The van der Waals surface area contributed by atoms with Crippen molar-refractivity contribution in [3.05, 3.63) is 224 Å². The Balaban J connectivity index is 0.000000611. The van der Waals surface area contributed by atoms with Gasteiger partial charge in [0.05, 0.1) is 57.8 Å². The highest BCUT2D eigenvalue weighted by Gasteiger charge is 2.51. The van der Waals surface area contributed by atoms with Crippen LogP contribution in [-0.2, 0) is 81.9 Å². The molecule has 0 aliphatic carbocycles. The molecule has 0 radical (unpaired) electrons. The normalized spacial score (nSPS) is 11.9. The monoisotopic (exact) mass is 1510 g/mol. The number of nitro benzene ring substituents is 4. The number of nitrogens with zero attached hydrogens (tertiary/aromatic N) is 5. The van der Waals surface area contributed by atoms with Gasteiger partial charge in [-0.1, -0.05) is 28.1 Å². The molecule has 102 heavy (non-hydrogen) atoms. The Bertz CT molecular complexity index is 3920.